The molecule has 1 aromatic heterocycles. The third kappa shape index (κ3) is 4.81. The fraction of sp³-hybridized carbons (Fsp3) is 0.579. The summed E-state index contributed by atoms with van der Waals surface area (Å²) in [6.45, 7) is 13.6. The lowest BCUT2D eigenvalue weighted by atomic mass is 10.1. The van der Waals surface area contributed by atoms with Crippen molar-refractivity contribution in [3.63, 3.8) is 0 Å². The Labute approximate surface area is 145 Å². The molecular formula is C19H31N5. The topological polar surface area (TPSA) is 53.1 Å². The first-order chi connectivity index (χ1) is 11.7. The molecule has 0 atom stereocenters. The second-order valence-corrected chi connectivity index (χ2v) is 6.27. The zero-order valence-electron chi connectivity index (χ0n) is 15.5. The number of hydrogen-bond acceptors (Lipinski definition) is 5. The number of fused-ring (bicyclic) bond motifs is 1. The zero-order valence-corrected chi connectivity index (χ0v) is 15.5. The summed E-state index contributed by atoms with van der Waals surface area (Å²) in [6, 6.07) is 6.50. The molecule has 2 aromatic rings. The van der Waals surface area contributed by atoms with Gasteiger partial charge in [-0.25, -0.2) is 9.97 Å². The number of benzene rings is 1. The van der Waals surface area contributed by atoms with Gasteiger partial charge in [-0.05, 0) is 30.5 Å². The summed E-state index contributed by atoms with van der Waals surface area (Å²) in [4.78, 5) is 11.3. The Morgan fingerprint density at radius 2 is 1.92 bits per heavy atom. The number of piperazine rings is 1. The zero-order chi connectivity index (χ0) is 17.4. The quantitative estimate of drug-likeness (QED) is 0.879. The maximum absolute atomic E-state index is 4.45. The Bertz CT molecular complexity index is 620. The van der Waals surface area contributed by atoms with Crippen LogP contribution in [0.1, 0.15) is 34.1 Å². The van der Waals surface area contributed by atoms with Gasteiger partial charge in [-0.15, -0.1) is 0 Å². The van der Waals surface area contributed by atoms with Crippen molar-refractivity contribution >= 4 is 22.4 Å². The van der Waals surface area contributed by atoms with Gasteiger partial charge in [0.1, 0.15) is 12.1 Å². The molecule has 1 fully saturated rings. The molecule has 1 aliphatic heterocycles. The van der Waals surface area contributed by atoms with Crippen LogP contribution in [0.25, 0.3) is 10.9 Å². The lowest BCUT2D eigenvalue weighted by Crippen LogP contribution is -2.43. The molecule has 1 aromatic carbocycles. The highest BCUT2D eigenvalue weighted by atomic mass is 15.2. The predicted octanol–water partition coefficient (Wildman–Crippen LogP) is 3.52. The maximum Gasteiger partial charge on any atom is 0.137 e. The van der Waals surface area contributed by atoms with Gasteiger partial charge in [-0.1, -0.05) is 27.7 Å². The van der Waals surface area contributed by atoms with Crippen molar-refractivity contribution in [2.24, 2.45) is 5.92 Å². The molecule has 5 heteroatoms. The van der Waals surface area contributed by atoms with Crippen LogP contribution in [0.3, 0.4) is 0 Å². The van der Waals surface area contributed by atoms with E-state index >= 15 is 0 Å². The van der Waals surface area contributed by atoms with Crippen LogP contribution in [0.2, 0.25) is 0 Å². The molecule has 132 valence electrons. The van der Waals surface area contributed by atoms with Crippen LogP contribution in [0, 0.1) is 5.92 Å². The minimum Gasteiger partial charge on any atom is -0.369 e. The van der Waals surface area contributed by atoms with E-state index < -0.39 is 0 Å². The van der Waals surface area contributed by atoms with Crippen molar-refractivity contribution in [2.45, 2.75) is 34.1 Å². The molecule has 3 rings (SSSR count). The van der Waals surface area contributed by atoms with E-state index in [2.05, 4.69) is 57.5 Å². The Morgan fingerprint density at radius 3 is 2.62 bits per heavy atom. The van der Waals surface area contributed by atoms with Crippen LogP contribution in [0.5, 0.6) is 0 Å². The Balaban J connectivity index is 0.00000100. The second-order valence-electron chi connectivity index (χ2n) is 6.27. The lowest BCUT2D eigenvalue weighted by Gasteiger charge is -2.29. The van der Waals surface area contributed by atoms with Crippen molar-refractivity contribution in [3.8, 4) is 0 Å². The Morgan fingerprint density at radius 1 is 1.17 bits per heavy atom. The highest BCUT2D eigenvalue weighted by molar-refractivity contribution is 5.91. The fourth-order valence-electron chi connectivity index (χ4n) is 2.79. The molecule has 0 unspecified atom stereocenters. The van der Waals surface area contributed by atoms with Crippen LogP contribution < -0.4 is 15.5 Å². The molecule has 1 aliphatic rings. The second kappa shape index (κ2) is 9.42. The van der Waals surface area contributed by atoms with Gasteiger partial charge in [0, 0.05) is 43.8 Å². The summed E-state index contributed by atoms with van der Waals surface area (Å²) in [6.07, 6.45) is 2.80. The molecule has 0 saturated carbocycles. The minimum absolute atomic E-state index is 0.694. The van der Waals surface area contributed by atoms with Gasteiger partial charge in [0.25, 0.3) is 0 Å². The number of nitrogens with one attached hydrogen (secondary N) is 2. The van der Waals surface area contributed by atoms with Crippen LogP contribution >= 0.6 is 0 Å². The average molecular weight is 329 g/mol. The highest BCUT2D eigenvalue weighted by Gasteiger charge is 2.12. The van der Waals surface area contributed by atoms with Crippen molar-refractivity contribution < 1.29 is 0 Å². The van der Waals surface area contributed by atoms with E-state index in [1.807, 2.05) is 13.8 Å². The van der Waals surface area contributed by atoms with Gasteiger partial charge in [0.2, 0.25) is 0 Å². The monoisotopic (exact) mass is 329 g/mol. The first kappa shape index (κ1) is 18.5. The Hall–Kier alpha value is -1.88. The first-order valence-electron chi connectivity index (χ1n) is 9.18. The van der Waals surface area contributed by atoms with E-state index in [9.17, 15) is 0 Å². The molecule has 2 heterocycles. The summed E-state index contributed by atoms with van der Waals surface area (Å²) in [7, 11) is 0. The van der Waals surface area contributed by atoms with Crippen LogP contribution in [-0.4, -0.2) is 42.7 Å². The Kier molecular flexibility index (Phi) is 7.25. The molecule has 0 bridgehead atoms. The molecule has 0 aliphatic carbocycles. The number of anilines is 2. The lowest BCUT2D eigenvalue weighted by molar-refractivity contribution is 0.589. The van der Waals surface area contributed by atoms with E-state index in [0.29, 0.717) is 5.92 Å². The van der Waals surface area contributed by atoms with Gasteiger partial charge in [0.05, 0.1) is 5.52 Å². The normalized spacial score (nSPS) is 14.5. The van der Waals surface area contributed by atoms with Gasteiger partial charge in [0.15, 0.2) is 0 Å². The number of nitrogens with zero attached hydrogens (tertiary/aromatic N) is 3. The first-order valence-corrected chi connectivity index (χ1v) is 9.18. The summed E-state index contributed by atoms with van der Waals surface area (Å²) in [5, 5.41) is 7.93. The molecule has 0 amide bonds. The summed E-state index contributed by atoms with van der Waals surface area (Å²) >= 11 is 0. The third-order valence-electron chi connectivity index (χ3n) is 4.12. The number of rotatable bonds is 5. The standard InChI is InChI=1S/C17H25N5.C2H6/c1-13(2)5-6-19-17-15-4-3-14(11-16(15)20-12-21-17)22-9-7-18-8-10-22;1-2/h3-4,11-13,18H,5-10H2,1-2H3,(H,19,20,21);1-2H3. The number of hydrogen-bond donors (Lipinski definition) is 2. The predicted molar refractivity (Wildman–Crippen MR) is 104 cm³/mol. The SMILES string of the molecule is CC.CC(C)CCNc1ncnc2cc(N3CCNCC3)ccc12. The number of aromatic nitrogens is 2. The average Bonchev–Trinajstić information content (AvgIpc) is 2.63. The summed E-state index contributed by atoms with van der Waals surface area (Å²) in [5.41, 5.74) is 2.26. The smallest absolute Gasteiger partial charge is 0.137 e. The third-order valence-corrected chi connectivity index (χ3v) is 4.12. The van der Waals surface area contributed by atoms with Crippen molar-refractivity contribution in [1.82, 2.24) is 15.3 Å². The van der Waals surface area contributed by atoms with Gasteiger partial charge < -0.3 is 15.5 Å². The van der Waals surface area contributed by atoms with E-state index in [1.54, 1.807) is 6.33 Å². The summed E-state index contributed by atoms with van der Waals surface area (Å²) < 4.78 is 0. The molecule has 0 radical (unpaired) electrons. The molecular weight excluding hydrogens is 298 g/mol. The van der Waals surface area contributed by atoms with Crippen molar-refractivity contribution in [3.05, 3.63) is 24.5 Å². The van der Waals surface area contributed by atoms with E-state index in [1.165, 1.54) is 5.69 Å². The van der Waals surface area contributed by atoms with Crippen LogP contribution in [0.15, 0.2) is 24.5 Å². The van der Waals surface area contributed by atoms with Gasteiger partial charge in [-0.2, -0.15) is 0 Å². The van der Waals surface area contributed by atoms with Crippen LogP contribution in [0.4, 0.5) is 11.5 Å². The van der Waals surface area contributed by atoms with Gasteiger partial charge >= 0.3 is 0 Å². The van der Waals surface area contributed by atoms with Crippen LogP contribution in [-0.2, 0) is 0 Å². The minimum atomic E-state index is 0.694. The molecule has 24 heavy (non-hydrogen) atoms. The summed E-state index contributed by atoms with van der Waals surface area (Å²) in [5.74, 6) is 1.64. The molecule has 0 spiro atoms. The van der Waals surface area contributed by atoms with E-state index in [4.69, 9.17) is 0 Å². The molecule has 2 N–H and O–H groups in total. The molecule has 5 nitrogen and oxygen atoms in total. The molecule has 1 saturated heterocycles. The fourth-order valence-corrected chi connectivity index (χ4v) is 2.79. The maximum atomic E-state index is 4.45. The highest BCUT2D eigenvalue weighted by Crippen LogP contribution is 2.25. The van der Waals surface area contributed by atoms with E-state index in [0.717, 1.165) is 55.9 Å². The van der Waals surface area contributed by atoms with E-state index in [-0.39, 0.29) is 0 Å². The van der Waals surface area contributed by atoms with Crippen molar-refractivity contribution in [1.29, 1.82) is 0 Å². The van der Waals surface area contributed by atoms with Gasteiger partial charge in [-0.3, -0.25) is 0 Å². The van der Waals surface area contributed by atoms with Crippen molar-refractivity contribution in [2.75, 3.05) is 42.9 Å². The largest absolute Gasteiger partial charge is 0.369 e.